The summed E-state index contributed by atoms with van der Waals surface area (Å²) in [5.74, 6) is -0.0368. The fraction of sp³-hybridized carbons (Fsp3) is 0.407. The molecule has 2 aliphatic rings. The molecule has 0 saturated carbocycles. The predicted octanol–water partition coefficient (Wildman–Crippen LogP) is 3.88. The summed E-state index contributed by atoms with van der Waals surface area (Å²) in [5.41, 5.74) is 2.58. The molecule has 172 valence electrons. The second kappa shape index (κ2) is 8.76. The lowest BCUT2D eigenvalue weighted by atomic mass is 9.85. The van der Waals surface area contributed by atoms with Gasteiger partial charge in [-0.15, -0.1) is 0 Å². The maximum Gasteiger partial charge on any atom is 0.256 e. The van der Waals surface area contributed by atoms with Crippen molar-refractivity contribution in [1.29, 1.82) is 0 Å². The van der Waals surface area contributed by atoms with Gasteiger partial charge in [0, 0.05) is 44.6 Å². The van der Waals surface area contributed by atoms with E-state index in [1.54, 1.807) is 0 Å². The number of morpholine rings is 1. The molecule has 1 aromatic heterocycles. The summed E-state index contributed by atoms with van der Waals surface area (Å²) in [4.78, 5) is 18.0. The summed E-state index contributed by atoms with van der Waals surface area (Å²) >= 11 is 0. The van der Waals surface area contributed by atoms with Gasteiger partial charge < -0.3 is 9.64 Å². The van der Waals surface area contributed by atoms with Crippen molar-refractivity contribution in [3.05, 3.63) is 89.7 Å². The molecule has 0 N–H and O–H groups in total. The lowest BCUT2D eigenvalue weighted by Crippen LogP contribution is -2.59. The molecule has 1 amide bonds. The smallest absolute Gasteiger partial charge is 0.256 e. The topological polar surface area (TPSA) is 50.6 Å². The molecule has 2 aliphatic heterocycles. The van der Waals surface area contributed by atoms with Crippen LogP contribution in [0.2, 0.25) is 0 Å². The molecular formula is C27H32N4O2. The van der Waals surface area contributed by atoms with E-state index >= 15 is 0 Å². The first-order valence-electron chi connectivity index (χ1n) is 11.8. The number of hydrogen-bond donors (Lipinski definition) is 0. The SMILES string of the molecule is CC(C)n1nccc1[C@H]1CN(C(c2ccccc2)c2ccccc2)C[C@]12OCCN(C)C2=O. The van der Waals surface area contributed by atoms with Crippen molar-refractivity contribution in [2.24, 2.45) is 0 Å². The van der Waals surface area contributed by atoms with Crippen LogP contribution in [0.1, 0.15) is 48.7 Å². The Labute approximate surface area is 195 Å². The Balaban J connectivity index is 1.62. The molecule has 33 heavy (non-hydrogen) atoms. The summed E-state index contributed by atoms with van der Waals surface area (Å²) < 4.78 is 8.50. The minimum atomic E-state index is -0.915. The Kier molecular flexibility index (Phi) is 5.81. The van der Waals surface area contributed by atoms with Crippen LogP contribution in [0, 0.1) is 0 Å². The van der Waals surface area contributed by atoms with Gasteiger partial charge in [-0.1, -0.05) is 60.7 Å². The Bertz CT molecular complexity index is 1060. The zero-order chi connectivity index (χ0) is 23.0. The molecule has 0 aliphatic carbocycles. The molecule has 5 rings (SSSR count). The van der Waals surface area contributed by atoms with Gasteiger partial charge in [0.05, 0.1) is 18.6 Å². The number of aromatic nitrogens is 2. The second-order valence-corrected chi connectivity index (χ2v) is 9.46. The third-order valence-electron chi connectivity index (χ3n) is 7.06. The largest absolute Gasteiger partial charge is 0.361 e. The van der Waals surface area contributed by atoms with Gasteiger partial charge >= 0.3 is 0 Å². The van der Waals surface area contributed by atoms with Gasteiger partial charge in [-0.05, 0) is 31.0 Å². The molecular weight excluding hydrogens is 412 g/mol. The van der Waals surface area contributed by atoms with Crippen LogP contribution in [0.5, 0.6) is 0 Å². The van der Waals surface area contributed by atoms with Gasteiger partial charge in [-0.2, -0.15) is 5.10 Å². The number of carbonyl (C=O) groups is 1. The third-order valence-corrected chi connectivity index (χ3v) is 7.06. The number of likely N-dealkylation sites (N-methyl/N-ethyl adjacent to an activating group) is 1. The van der Waals surface area contributed by atoms with Gasteiger partial charge in [0.15, 0.2) is 5.60 Å². The molecule has 2 aromatic carbocycles. The van der Waals surface area contributed by atoms with E-state index in [9.17, 15) is 4.79 Å². The molecule has 6 heteroatoms. The van der Waals surface area contributed by atoms with Crippen molar-refractivity contribution < 1.29 is 9.53 Å². The minimum absolute atomic E-state index is 0.0355. The highest BCUT2D eigenvalue weighted by Crippen LogP contribution is 2.46. The van der Waals surface area contributed by atoms with Crippen LogP contribution >= 0.6 is 0 Å². The molecule has 3 heterocycles. The minimum Gasteiger partial charge on any atom is -0.361 e. The lowest BCUT2D eigenvalue weighted by Gasteiger charge is -2.41. The van der Waals surface area contributed by atoms with Crippen LogP contribution in [0.3, 0.4) is 0 Å². The first-order chi connectivity index (χ1) is 16.0. The summed E-state index contributed by atoms with van der Waals surface area (Å²) in [6, 6.07) is 23.4. The van der Waals surface area contributed by atoms with Gasteiger partial charge in [-0.25, -0.2) is 0 Å². The first-order valence-corrected chi connectivity index (χ1v) is 11.8. The highest BCUT2D eigenvalue weighted by Gasteiger charge is 2.58. The molecule has 0 bridgehead atoms. The monoisotopic (exact) mass is 444 g/mol. The first kappa shape index (κ1) is 21.9. The average Bonchev–Trinajstić information content (AvgIpc) is 3.45. The molecule has 2 saturated heterocycles. The van der Waals surface area contributed by atoms with Crippen LogP contribution in [-0.2, 0) is 9.53 Å². The quantitative estimate of drug-likeness (QED) is 0.599. The average molecular weight is 445 g/mol. The van der Waals surface area contributed by atoms with Crippen molar-refractivity contribution in [2.75, 3.05) is 33.3 Å². The Morgan fingerprint density at radius 1 is 1.00 bits per heavy atom. The Morgan fingerprint density at radius 3 is 2.24 bits per heavy atom. The molecule has 0 radical (unpaired) electrons. The van der Waals surface area contributed by atoms with Crippen LogP contribution in [0.15, 0.2) is 72.9 Å². The number of hydrogen-bond acceptors (Lipinski definition) is 4. The van der Waals surface area contributed by atoms with Crippen molar-refractivity contribution in [2.45, 2.75) is 37.5 Å². The molecule has 1 spiro atoms. The van der Waals surface area contributed by atoms with Gasteiger partial charge in [-0.3, -0.25) is 14.4 Å². The highest BCUT2D eigenvalue weighted by atomic mass is 16.5. The van der Waals surface area contributed by atoms with E-state index in [1.807, 2.05) is 35.0 Å². The normalized spacial score (nSPS) is 23.8. The van der Waals surface area contributed by atoms with E-state index in [1.165, 1.54) is 11.1 Å². The number of likely N-dealkylation sites (tertiary alicyclic amines) is 1. The number of ether oxygens (including phenoxy) is 1. The van der Waals surface area contributed by atoms with E-state index in [0.717, 1.165) is 5.69 Å². The molecule has 2 atom stereocenters. The van der Waals surface area contributed by atoms with Gasteiger partial charge in [0.25, 0.3) is 5.91 Å². The molecule has 2 fully saturated rings. The van der Waals surface area contributed by atoms with Crippen molar-refractivity contribution in [3.63, 3.8) is 0 Å². The number of carbonyl (C=O) groups excluding carboxylic acids is 1. The predicted molar refractivity (Wildman–Crippen MR) is 128 cm³/mol. The summed E-state index contributed by atoms with van der Waals surface area (Å²) in [6.45, 7) is 6.68. The number of rotatable bonds is 5. The summed E-state index contributed by atoms with van der Waals surface area (Å²) in [5, 5.41) is 4.59. The van der Waals surface area contributed by atoms with Crippen LogP contribution in [0.4, 0.5) is 0 Å². The van der Waals surface area contributed by atoms with Crippen LogP contribution in [-0.4, -0.2) is 64.4 Å². The fourth-order valence-corrected chi connectivity index (χ4v) is 5.52. The highest BCUT2D eigenvalue weighted by molar-refractivity contribution is 5.88. The maximum atomic E-state index is 13.7. The Morgan fingerprint density at radius 2 is 1.64 bits per heavy atom. The van der Waals surface area contributed by atoms with E-state index in [0.29, 0.717) is 26.2 Å². The van der Waals surface area contributed by atoms with Crippen LogP contribution < -0.4 is 0 Å². The number of nitrogens with zero attached hydrogens (tertiary/aromatic N) is 4. The van der Waals surface area contributed by atoms with E-state index < -0.39 is 5.60 Å². The standard InChI is InChI=1S/C27H32N4O2/c1-20(2)31-24(14-15-28-31)23-18-30(19-27(23)26(32)29(3)16-17-33-27)25(21-10-6-4-7-11-21)22-12-8-5-9-13-22/h4-15,20,23,25H,16-19H2,1-3H3/t23-,27+/m1/s1. The third kappa shape index (κ3) is 3.77. The van der Waals surface area contributed by atoms with Crippen molar-refractivity contribution in [1.82, 2.24) is 19.6 Å². The second-order valence-electron chi connectivity index (χ2n) is 9.46. The van der Waals surface area contributed by atoms with Crippen molar-refractivity contribution >= 4 is 5.91 Å². The summed E-state index contributed by atoms with van der Waals surface area (Å²) in [7, 11) is 1.89. The zero-order valence-corrected chi connectivity index (χ0v) is 19.6. The molecule has 6 nitrogen and oxygen atoms in total. The zero-order valence-electron chi connectivity index (χ0n) is 19.6. The number of amides is 1. The fourth-order valence-electron chi connectivity index (χ4n) is 5.52. The number of benzene rings is 2. The Hall–Kier alpha value is -2.96. The molecule has 0 unspecified atom stereocenters. The van der Waals surface area contributed by atoms with E-state index in [-0.39, 0.29) is 23.9 Å². The summed E-state index contributed by atoms with van der Waals surface area (Å²) in [6.07, 6.45) is 1.84. The van der Waals surface area contributed by atoms with Gasteiger partial charge in [0.2, 0.25) is 0 Å². The lowest BCUT2D eigenvalue weighted by molar-refractivity contribution is -0.170. The van der Waals surface area contributed by atoms with E-state index in [4.69, 9.17) is 4.74 Å². The van der Waals surface area contributed by atoms with Crippen LogP contribution in [0.25, 0.3) is 0 Å². The van der Waals surface area contributed by atoms with E-state index in [2.05, 4.69) is 78.4 Å². The van der Waals surface area contributed by atoms with Crippen molar-refractivity contribution in [3.8, 4) is 0 Å². The molecule has 3 aromatic rings. The van der Waals surface area contributed by atoms with Gasteiger partial charge in [0.1, 0.15) is 0 Å². The maximum absolute atomic E-state index is 13.7.